The first kappa shape index (κ1) is 10.5. The molecule has 0 heterocycles. The summed E-state index contributed by atoms with van der Waals surface area (Å²) in [6.07, 6.45) is 6.35. The lowest BCUT2D eigenvalue weighted by Gasteiger charge is -2.25. The van der Waals surface area contributed by atoms with Gasteiger partial charge in [-0.05, 0) is 19.9 Å². The SMILES string of the molecule is C#CCN(CCC)C(C)CN. The lowest BCUT2D eigenvalue weighted by molar-refractivity contribution is 0.240. The fraction of sp³-hybridized carbons (Fsp3) is 0.778. The lowest BCUT2D eigenvalue weighted by atomic mass is 10.2. The Balaban J connectivity index is 3.78. The summed E-state index contributed by atoms with van der Waals surface area (Å²) in [5.41, 5.74) is 5.52. The van der Waals surface area contributed by atoms with Gasteiger partial charge in [-0.2, -0.15) is 0 Å². The van der Waals surface area contributed by atoms with E-state index < -0.39 is 0 Å². The minimum absolute atomic E-state index is 0.408. The van der Waals surface area contributed by atoms with Gasteiger partial charge in [-0.3, -0.25) is 4.90 Å². The van der Waals surface area contributed by atoms with E-state index in [1.165, 1.54) is 0 Å². The first-order valence-electron chi connectivity index (χ1n) is 4.13. The Hall–Kier alpha value is -0.520. The van der Waals surface area contributed by atoms with Crippen LogP contribution in [0.3, 0.4) is 0 Å². The molecule has 64 valence electrons. The van der Waals surface area contributed by atoms with Gasteiger partial charge in [-0.25, -0.2) is 0 Å². The third-order valence-electron chi connectivity index (χ3n) is 1.77. The van der Waals surface area contributed by atoms with E-state index in [1.54, 1.807) is 0 Å². The maximum atomic E-state index is 5.52. The lowest BCUT2D eigenvalue weighted by Crippen LogP contribution is -2.39. The summed E-state index contributed by atoms with van der Waals surface area (Å²) in [5, 5.41) is 0. The van der Waals surface area contributed by atoms with Crippen molar-refractivity contribution in [1.82, 2.24) is 4.90 Å². The normalized spacial score (nSPS) is 13.0. The molecule has 0 spiro atoms. The quantitative estimate of drug-likeness (QED) is 0.590. The predicted octanol–water partition coefficient (Wildman–Crippen LogP) is 0.679. The van der Waals surface area contributed by atoms with Crippen LogP contribution in [-0.4, -0.2) is 30.6 Å². The van der Waals surface area contributed by atoms with Gasteiger partial charge in [0.05, 0.1) is 6.54 Å². The Morgan fingerprint density at radius 2 is 2.27 bits per heavy atom. The molecule has 1 atom stereocenters. The number of hydrogen-bond donors (Lipinski definition) is 1. The van der Waals surface area contributed by atoms with Crippen molar-refractivity contribution in [2.75, 3.05) is 19.6 Å². The van der Waals surface area contributed by atoms with Crippen molar-refractivity contribution >= 4 is 0 Å². The summed E-state index contributed by atoms with van der Waals surface area (Å²) in [4.78, 5) is 2.22. The molecular formula is C9H18N2. The van der Waals surface area contributed by atoms with E-state index >= 15 is 0 Å². The van der Waals surface area contributed by atoms with Crippen LogP contribution in [0.1, 0.15) is 20.3 Å². The maximum Gasteiger partial charge on any atom is 0.0601 e. The predicted molar refractivity (Wildman–Crippen MR) is 49.2 cm³/mol. The molecule has 0 bridgehead atoms. The zero-order valence-electron chi connectivity index (χ0n) is 7.51. The topological polar surface area (TPSA) is 29.3 Å². The summed E-state index contributed by atoms with van der Waals surface area (Å²) in [6, 6.07) is 0.408. The molecule has 0 rings (SSSR count). The monoisotopic (exact) mass is 154 g/mol. The van der Waals surface area contributed by atoms with E-state index in [4.69, 9.17) is 12.2 Å². The maximum absolute atomic E-state index is 5.52. The first-order chi connectivity index (χ1) is 5.26. The minimum atomic E-state index is 0.408. The van der Waals surface area contributed by atoms with Crippen molar-refractivity contribution < 1.29 is 0 Å². The molecule has 0 fully saturated rings. The van der Waals surface area contributed by atoms with Gasteiger partial charge in [-0.15, -0.1) is 6.42 Å². The van der Waals surface area contributed by atoms with Crippen LogP contribution in [0.15, 0.2) is 0 Å². The molecule has 0 amide bonds. The molecule has 0 saturated carbocycles. The summed E-state index contributed by atoms with van der Waals surface area (Å²) in [6.45, 7) is 6.69. The molecule has 0 aliphatic carbocycles. The second-order valence-corrected chi connectivity index (χ2v) is 2.76. The van der Waals surface area contributed by atoms with E-state index in [0.29, 0.717) is 19.1 Å². The van der Waals surface area contributed by atoms with Gasteiger partial charge in [0.2, 0.25) is 0 Å². The summed E-state index contributed by atoms with van der Waals surface area (Å²) in [5.74, 6) is 2.64. The molecule has 0 aromatic carbocycles. The van der Waals surface area contributed by atoms with Crippen molar-refractivity contribution in [2.24, 2.45) is 5.73 Å². The van der Waals surface area contributed by atoms with Crippen molar-refractivity contribution in [3.63, 3.8) is 0 Å². The Morgan fingerprint density at radius 1 is 1.64 bits per heavy atom. The van der Waals surface area contributed by atoms with Gasteiger partial charge in [0, 0.05) is 12.6 Å². The second-order valence-electron chi connectivity index (χ2n) is 2.76. The molecule has 2 nitrogen and oxygen atoms in total. The second kappa shape index (κ2) is 6.21. The van der Waals surface area contributed by atoms with Gasteiger partial charge in [0.15, 0.2) is 0 Å². The number of nitrogens with two attached hydrogens (primary N) is 1. The smallest absolute Gasteiger partial charge is 0.0601 e. The zero-order valence-corrected chi connectivity index (χ0v) is 7.51. The molecule has 0 radical (unpaired) electrons. The Labute approximate surface area is 69.8 Å². The highest BCUT2D eigenvalue weighted by molar-refractivity contribution is 4.89. The standard InChI is InChI=1S/C9H18N2/c1-4-6-11(7-5-2)9(3)8-10/h1,9H,5-8,10H2,2-3H3. The molecule has 0 aromatic heterocycles. The largest absolute Gasteiger partial charge is 0.329 e. The van der Waals surface area contributed by atoms with E-state index in [2.05, 4.69) is 24.7 Å². The van der Waals surface area contributed by atoms with Crippen LogP contribution in [0.25, 0.3) is 0 Å². The number of terminal acetylenes is 1. The number of rotatable bonds is 5. The van der Waals surface area contributed by atoms with Crippen molar-refractivity contribution in [1.29, 1.82) is 0 Å². The van der Waals surface area contributed by atoms with Crippen LogP contribution < -0.4 is 5.73 Å². The molecule has 2 N–H and O–H groups in total. The highest BCUT2D eigenvalue weighted by Gasteiger charge is 2.08. The van der Waals surface area contributed by atoms with Crippen LogP contribution in [-0.2, 0) is 0 Å². The van der Waals surface area contributed by atoms with Crippen molar-refractivity contribution in [2.45, 2.75) is 26.3 Å². The highest BCUT2D eigenvalue weighted by Crippen LogP contribution is 1.97. The van der Waals surface area contributed by atoms with E-state index in [1.807, 2.05) is 0 Å². The van der Waals surface area contributed by atoms with Crippen LogP contribution in [0, 0.1) is 12.3 Å². The molecule has 11 heavy (non-hydrogen) atoms. The van der Waals surface area contributed by atoms with E-state index in [-0.39, 0.29) is 0 Å². The van der Waals surface area contributed by atoms with Gasteiger partial charge in [-0.1, -0.05) is 12.8 Å². The molecule has 1 unspecified atom stereocenters. The summed E-state index contributed by atoms with van der Waals surface area (Å²) >= 11 is 0. The summed E-state index contributed by atoms with van der Waals surface area (Å²) in [7, 11) is 0. The fourth-order valence-electron chi connectivity index (χ4n) is 1.01. The van der Waals surface area contributed by atoms with Gasteiger partial charge in [0.1, 0.15) is 0 Å². The van der Waals surface area contributed by atoms with E-state index in [0.717, 1.165) is 13.0 Å². The van der Waals surface area contributed by atoms with Gasteiger partial charge < -0.3 is 5.73 Å². The minimum Gasteiger partial charge on any atom is -0.329 e. The van der Waals surface area contributed by atoms with Gasteiger partial charge >= 0.3 is 0 Å². The highest BCUT2D eigenvalue weighted by atomic mass is 15.1. The molecule has 0 aliphatic rings. The third-order valence-corrected chi connectivity index (χ3v) is 1.77. The Kier molecular flexibility index (Phi) is 5.91. The van der Waals surface area contributed by atoms with Crippen LogP contribution in [0.2, 0.25) is 0 Å². The Bertz CT molecular complexity index is 126. The summed E-state index contributed by atoms with van der Waals surface area (Å²) < 4.78 is 0. The molecule has 0 aromatic rings. The zero-order chi connectivity index (χ0) is 8.69. The van der Waals surface area contributed by atoms with Gasteiger partial charge in [0.25, 0.3) is 0 Å². The van der Waals surface area contributed by atoms with Crippen LogP contribution in [0.4, 0.5) is 0 Å². The average molecular weight is 154 g/mol. The first-order valence-corrected chi connectivity index (χ1v) is 4.13. The molecule has 0 saturated heterocycles. The van der Waals surface area contributed by atoms with Crippen molar-refractivity contribution in [3.8, 4) is 12.3 Å². The Morgan fingerprint density at radius 3 is 2.64 bits per heavy atom. The molecule has 2 heteroatoms. The van der Waals surface area contributed by atoms with Crippen LogP contribution in [0.5, 0.6) is 0 Å². The number of nitrogens with zero attached hydrogens (tertiary/aromatic N) is 1. The number of hydrogen-bond acceptors (Lipinski definition) is 2. The average Bonchev–Trinajstić information content (AvgIpc) is 2.03. The fourth-order valence-corrected chi connectivity index (χ4v) is 1.01. The molecule has 0 aliphatic heterocycles. The van der Waals surface area contributed by atoms with Crippen molar-refractivity contribution in [3.05, 3.63) is 0 Å². The molecular weight excluding hydrogens is 136 g/mol. The van der Waals surface area contributed by atoms with E-state index in [9.17, 15) is 0 Å². The van der Waals surface area contributed by atoms with Crippen LogP contribution >= 0.6 is 0 Å². The third kappa shape index (κ3) is 4.02.